The molecule has 1 saturated heterocycles. The lowest BCUT2D eigenvalue weighted by Gasteiger charge is -2.20. The molecule has 3 heterocycles. The summed E-state index contributed by atoms with van der Waals surface area (Å²) in [6, 6.07) is 0. The molecule has 3 rings (SSSR count). The van der Waals surface area contributed by atoms with Gasteiger partial charge in [0.05, 0.1) is 19.0 Å². The molecule has 3 atom stereocenters. The van der Waals surface area contributed by atoms with Crippen LogP contribution in [0.5, 0.6) is 0 Å². The Morgan fingerprint density at radius 2 is 2.19 bits per heavy atom. The lowest BCUT2D eigenvalue weighted by molar-refractivity contribution is -0.0390. The van der Waals surface area contributed by atoms with Gasteiger partial charge >= 0.3 is 7.60 Å². The van der Waals surface area contributed by atoms with Crippen molar-refractivity contribution in [2.24, 2.45) is 0 Å². The van der Waals surface area contributed by atoms with Gasteiger partial charge in [-0.3, -0.25) is 9.13 Å². The van der Waals surface area contributed by atoms with Gasteiger partial charge in [-0.1, -0.05) is 0 Å². The first-order valence-corrected chi connectivity index (χ1v) is 11.6. The number of nitrogens with two attached hydrogens (primary N) is 1. The summed E-state index contributed by atoms with van der Waals surface area (Å²) < 4.78 is 46.8. The van der Waals surface area contributed by atoms with Gasteiger partial charge in [0.2, 0.25) is 5.28 Å². The SMILES string of the molecule is CS(=O)(=O)[C@H](OCC1CCC(n2cnc3c(N)nc(Cl)nc32)O1)P(=O)(O)O. The number of halogens is 1. The van der Waals surface area contributed by atoms with Crippen molar-refractivity contribution < 1.29 is 32.2 Å². The van der Waals surface area contributed by atoms with Gasteiger partial charge in [-0.25, -0.2) is 13.4 Å². The number of ether oxygens (including phenoxy) is 2. The number of imidazole rings is 1. The normalized spacial score (nSPS) is 22.4. The van der Waals surface area contributed by atoms with Gasteiger partial charge in [-0.2, -0.15) is 9.97 Å². The molecule has 15 heteroatoms. The van der Waals surface area contributed by atoms with Gasteiger partial charge in [0.25, 0.3) is 5.18 Å². The van der Waals surface area contributed by atoms with E-state index in [0.717, 1.165) is 0 Å². The minimum atomic E-state index is -4.99. The second-order valence-corrected chi connectivity index (χ2v) is 10.5. The highest BCUT2D eigenvalue weighted by molar-refractivity contribution is 7.97. The van der Waals surface area contributed by atoms with Crippen LogP contribution in [0.1, 0.15) is 19.1 Å². The third-order valence-corrected chi connectivity index (χ3v) is 7.59. The van der Waals surface area contributed by atoms with E-state index in [4.69, 9.17) is 26.8 Å². The number of nitrogens with zero attached hydrogens (tertiary/aromatic N) is 4. The van der Waals surface area contributed by atoms with Crippen LogP contribution in [0, 0.1) is 0 Å². The number of fused-ring (bicyclic) bond motifs is 1. The molecule has 2 aromatic rings. The average Bonchev–Trinajstić information content (AvgIpc) is 3.10. The zero-order valence-corrected chi connectivity index (χ0v) is 16.4. The molecule has 1 fully saturated rings. The van der Waals surface area contributed by atoms with Gasteiger partial charge in [-0.15, -0.1) is 0 Å². The maximum absolute atomic E-state index is 11.5. The number of anilines is 1. The molecule has 4 N–H and O–H groups in total. The van der Waals surface area contributed by atoms with Crippen molar-refractivity contribution in [2.45, 2.75) is 30.4 Å². The fraction of sp³-hybridized carbons (Fsp3) is 0.583. The maximum Gasteiger partial charge on any atom is 0.369 e. The van der Waals surface area contributed by atoms with Gasteiger partial charge in [0, 0.05) is 6.26 Å². The molecule has 1 aliphatic rings. The summed E-state index contributed by atoms with van der Waals surface area (Å²) in [5.41, 5.74) is 6.50. The predicted molar refractivity (Wildman–Crippen MR) is 94.5 cm³/mol. The predicted octanol–water partition coefficient (Wildman–Crippen LogP) is 0.262. The van der Waals surface area contributed by atoms with E-state index in [9.17, 15) is 22.8 Å². The molecule has 2 aromatic heterocycles. The average molecular weight is 442 g/mol. The van der Waals surface area contributed by atoms with Crippen LogP contribution in [0.25, 0.3) is 11.2 Å². The van der Waals surface area contributed by atoms with Gasteiger partial charge in [-0.05, 0) is 24.4 Å². The van der Waals surface area contributed by atoms with E-state index in [-0.39, 0.29) is 17.7 Å². The summed E-state index contributed by atoms with van der Waals surface area (Å²) in [5.74, 6) is 0.124. The monoisotopic (exact) mass is 441 g/mol. The number of nitrogen functional groups attached to an aromatic ring is 1. The number of aromatic nitrogens is 4. The summed E-state index contributed by atoms with van der Waals surface area (Å²) in [6.07, 6.45) is 2.07. The lowest BCUT2D eigenvalue weighted by Crippen LogP contribution is -2.28. The highest BCUT2D eigenvalue weighted by Crippen LogP contribution is 2.45. The fourth-order valence-corrected chi connectivity index (χ4v) is 5.57. The van der Waals surface area contributed by atoms with E-state index in [1.807, 2.05) is 0 Å². The van der Waals surface area contributed by atoms with Crippen LogP contribution in [0.4, 0.5) is 5.82 Å². The number of sulfone groups is 1. The zero-order chi connectivity index (χ0) is 20.0. The molecule has 2 unspecified atom stereocenters. The first kappa shape index (κ1) is 20.4. The van der Waals surface area contributed by atoms with E-state index in [1.54, 1.807) is 4.57 Å². The summed E-state index contributed by atoms with van der Waals surface area (Å²) in [7, 11) is -9.10. The second kappa shape index (κ2) is 7.24. The smallest absolute Gasteiger partial charge is 0.369 e. The van der Waals surface area contributed by atoms with Crippen LogP contribution in [0.15, 0.2) is 6.33 Å². The van der Waals surface area contributed by atoms with Crippen molar-refractivity contribution >= 4 is 46.0 Å². The molecule has 0 amide bonds. The summed E-state index contributed by atoms with van der Waals surface area (Å²) in [5, 5.41) is -2.27. The van der Waals surface area contributed by atoms with E-state index >= 15 is 0 Å². The van der Waals surface area contributed by atoms with Crippen molar-refractivity contribution in [3.8, 4) is 0 Å². The Labute approximate surface area is 158 Å². The van der Waals surface area contributed by atoms with Crippen LogP contribution in [0.2, 0.25) is 5.28 Å². The number of hydrogen-bond donors (Lipinski definition) is 3. The lowest BCUT2D eigenvalue weighted by atomic mass is 10.2. The van der Waals surface area contributed by atoms with E-state index in [0.29, 0.717) is 30.3 Å². The summed E-state index contributed by atoms with van der Waals surface area (Å²) in [6.45, 7) is -0.302. The molecule has 0 radical (unpaired) electrons. The summed E-state index contributed by atoms with van der Waals surface area (Å²) in [4.78, 5) is 30.4. The standard InChI is InChI=1S/C12H17ClN5O7PS/c1-27(22,23)12(26(19,20)21)24-4-6-2-3-7(25-6)18-5-15-8-9(14)16-11(13)17-10(8)18/h5-7,12H,2-4H2,1H3,(H2,14,16,17)(H2,19,20,21)/t6?,7?,12-/m1/s1. The third kappa shape index (κ3) is 4.40. The number of rotatable bonds is 6. The topological polar surface area (TPSA) is 180 Å². The highest BCUT2D eigenvalue weighted by Gasteiger charge is 2.40. The molecule has 27 heavy (non-hydrogen) atoms. The Bertz CT molecular complexity index is 1010. The third-order valence-electron chi connectivity index (χ3n) is 3.88. The largest absolute Gasteiger partial charge is 0.382 e. The molecule has 12 nitrogen and oxygen atoms in total. The highest BCUT2D eigenvalue weighted by atomic mass is 35.5. The molecular formula is C12H17ClN5O7PS. The Morgan fingerprint density at radius 1 is 1.48 bits per heavy atom. The number of hydrogen-bond acceptors (Lipinski definition) is 9. The molecule has 0 spiro atoms. The zero-order valence-electron chi connectivity index (χ0n) is 14.0. The second-order valence-electron chi connectivity index (χ2n) is 6.05. The van der Waals surface area contributed by atoms with Crippen LogP contribution in [-0.4, -0.2) is 61.9 Å². The van der Waals surface area contributed by atoms with Crippen molar-refractivity contribution in [3.05, 3.63) is 11.6 Å². The van der Waals surface area contributed by atoms with Crippen LogP contribution in [-0.2, 0) is 23.9 Å². The first-order valence-electron chi connectivity index (χ1n) is 7.63. The van der Waals surface area contributed by atoms with Crippen LogP contribution < -0.4 is 5.73 Å². The fourth-order valence-electron chi connectivity index (χ4n) is 2.80. The Balaban J connectivity index is 1.72. The Kier molecular flexibility index (Phi) is 5.47. The quantitative estimate of drug-likeness (QED) is 0.413. The molecule has 1 aliphatic heterocycles. The molecule has 0 aliphatic carbocycles. The maximum atomic E-state index is 11.5. The van der Waals surface area contributed by atoms with Crippen molar-refractivity contribution in [1.29, 1.82) is 0 Å². The van der Waals surface area contributed by atoms with Gasteiger partial charge < -0.3 is 25.0 Å². The van der Waals surface area contributed by atoms with Crippen LogP contribution in [0.3, 0.4) is 0 Å². The van der Waals surface area contributed by atoms with Gasteiger partial charge in [0.15, 0.2) is 21.3 Å². The van der Waals surface area contributed by atoms with Crippen molar-refractivity contribution in [1.82, 2.24) is 19.5 Å². The molecule has 0 bridgehead atoms. The van der Waals surface area contributed by atoms with E-state index in [1.165, 1.54) is 6.33 Å². The Hall–Kier alpha value is -1.34. The molecule has 150 valence electrons. The van der Waals surface area contributed by atoms with Crippen LogP contribution >= 0.6 is 19.2 Å². The minimum absolute atomic E-state index is 0.0442. The van der Waals surface area contributed by atoms with E-state index in [2.05, 4.69) is 15.0 Å². The molecule has 0 saturated carbocycles. The first-order chi connectivity index (χ1) is 12.5. The minimum Gasteiger partial charge on any atom is -0.382 e. The van der Waals surface area contributed by atoms with Crippen molar-refractivity contribution in [2.75, 3.05) is 18.6 Å². The molecular weight excluding hydrogens is 425 g/mol. The molecule has 0 aromatic carbocycles. The van der Waals surface area contributed by atoms with Gasteiger partial charge in [0.1, 0.15) is 11.7 Å². The Morgan fingerprint density at radius 3 is 2.81 bits per heavy atom. The van der Waals surface area contributed by atoms with Crippen molar-refractivity contribution in [3.63, 3.8) is 0 Å². The summed E-state index contributed by atoms with van der Waals surface area (Å²) >= 11 is 5.82. The van der Waals surface area contributed by atoms with E-state index < -0.39 is 34.9 Å².